The summed E-state index contributed by atoms with van der Waals surface area (Å²) in [7, 11) is 0. The van der Waals surface area contributed by atoms with Crippen molar-refractivity contribution in [2.24, 2.45) is 88.8 Å². The lowest BCUT2D eigenvalue weighted by Gasteiger charge is -2.54. The largest absolute Gasteiger partial charge is 0.509 e. The molecule has 9 heterocycles. The van der Waals surface area contributed by atoms with E-state index in [4.69, 9.17) is 158 Å². The normalized spacial score (nSPS) is 39.8. The van der Waals surface area contributed by atoms with Crippen LogP contribution in [0.5, 0.6) is 0 Å². The number of aliphatic hydroxyl groups is 1. The summed E-state index contributed by atoms with van der Waals surface area (Å²) in [5.74, 6) is -6.08. The highest BCUT2D eigenvalue weighted by atomic mass is 35.6. The molecular formula is C113H166Cl3NO31. The van der Waals surface area contributed by atoms with Crippen LogP contribution in [0.4, 0.5) is 9.59 Å². The number of nitrogens with one attached hydrogen (secondary N) is 1. The lowest BCUT2D eigenvalue weighted by Crippen LogP contribution is -2.65. The van der Waals surface area contributed by atoms with Crippen LogP contribution in [0.3, 0.4) is 0 Å². The Morgan fingerprint density at radius 3 is 1.11 bits per heavy atom. The standard InChI is InChI=1S/C113H166Cl3NO31/c1-24-50-124-112(122)148-98-64(11)60(7)86(51-118)137-106(98)129-58-89-72(19)96(101(127-54-79-46-38-32-39-47-79)110(140-89)145-93-67(14)69(16)102(132-83(93)27-4)141-94-73(20)90(117-111(121)130-59-113(114,115)116)105(135-84(94)28-5)128-55-80-48-40-33-41-49-80)146-109-100(74(21)95(85(29-6)136-109)142-103-70(17)66(13)92(82(26-3)133-103)144-108-99(131-76(23)120)65(12)62(9)88(139-108)57-125-75(22)119)147-104-71(18)68(15)91(81(25-2)134-104)143-107-97(126-53-78-44-36-31-37-45-78)63(10)61(8)87(138-107)56-123-52-77-42-34-30-35-43-77/h24,30-49,60-74,81-110,118H,1,25-29,50-59H2,2-23H3,(H,117,121)/t60-,61+,62+,63-,64-,65-,66+,67+,68+,69?,70?,71?,72+,73+,74?,81?,82?,83?,84?,85?,86?,87?,88?,89?,90?,91-,92-,93-,94-,95+,96-,97?,98?,99?,100-,101?,102-,103-,104-,105+,106-,107-,108-,109-,110-/m0/s1. The van der Waals surface area contributed by atoms with Crippen molar-refractivity contribution in [2.45, 2.75) is 399 Å². The molecule has 18 unspecified atom stereocenters. The molecule has 4 aromatic carbocycles. The number of alkyl carbamates (subject to hydrolysis) is 1. The van der Waals surface area contributed by atoms with Gasteiger partial charge >= 0.3 is 24.2 Å². The summed E-state index contributed by atoms with van der Waals surface area (Å²) in [6.45, 7) is 47.5. The van der Waals surface area contributed by atoms with Crippen LogP contribution in [0.25, 0.3) is 0 Å². The molecule has 35 heteroatoms. The fraction of sp³-hybridized carbons (Fsp3) is 0.735. The summed E-state index contributed by atoms with van der Waals surface area (Å²) >= 11 is 18.3. The van der Waals surface area contributed by atoms with Crippen LogP contribution in [0.1, 0.15) is 207 Å². The van der Waals surface area contributed by atoms with Crippen molar-refractivity contribution < 1.29 is 147 Å². The van der Waals surface area contributed by atoms with E-state index < -0.39 is 249 Å². The van der Waals surface area contributed by atoms with E-state index in [9.17, 15) is 24.3 Å². The van der Waals surface area contributed by atoms with Crippen molar-refractivity contribution in [2.75, 3.05) is 39.6 Å². The van der Waals surface area contributed by atoms with Gasteiger partial charge in [-0.15, -0.1) is 0 Å². The van der Waals surface area contributed by atoms with Gasteiger partial charge in [-0.2, -0.15) is 0 Å². The maximum Gasteiger partial charge on any atom is 0.509 e. The number of carbonyl (C=O) groups is 4. The van der Waals surface area contributed by atoms with Crippen molar-refractivity contribution in [1.29, 1.82) is 0 Å². The quantitative estimate of drug-likeness (QED) is 0.0180. The van der Waals surface area contributed by atoms with Gasteiger partial charge in [0.2, 0.25) is 3.79 Å². The maximum atomic E-state index is 13.8. The molecule has 148 heavy (non-hydrogen) atoms. The van der Waals surface area contributed by atoms with E-state index >= 15 is 0 Å². The van der Waals surface area contributed by atoms with Crippen molar-refractivity contribution in [1.82, 2.24) is 5.32 Å². The van der Waals surface area contributed by atoms with Crippen molar-refractivity contribution in [3.63, 3.8) is 0 Å². The Morgan fingerprint density at radius 1 is 0.324 bits per heavy atom. The highest BCUT2D eigenvalue weighted by Gasteiger charge is 2.60. The summed E-state index contributed by atoms with van der Waals surface area (Å²) in [4.78, 5) is 52.7. The van der Waals surface area contributed by atoms with Gasteiger partial charge in [-0.05, 0) is 95.8 Å². The molecule has 0 spiro atoms. The fourth-order valence-electron chi connectivity index (χ4n) is 22.2. The molecule has 0 aromatic heterocycles. The molecule has 0 radical (unpaired) electrons. The molecule has 0 saturated carbocycles. The zero-order chi connectivity index (χ0) is 107. The van der Waals surface area contributed by atoms with Crippen LogP contribution in [-0.4, -0.2) is 257 Å². The van der Waals surface area contributed by atoms with Gasteiger partial charge in [-0.3, -0.25) is 9.59 Å². The van der Waals surface area contributed by atoms with Gasteiger partial charge < -0.3 is 134 Å². The Kier molecular flexibility index (Phi) is 45.2. The molecule has 0 aliphatic carbocycles. The molecule has 9 fully saturated rings. The smallest absolute Gasteiger partial charge is 0.463 e. The van der Waals surface area contributed by atoms with Crippen molar-refractivity contribution in [3.05, 3.63) is 156 Å². The first kappa shape index (κ1) is 119. The van der Waals surface area contributed by atoms with Crippen molar-refractivity contribution in [3.8, 4) is 0 Å². The highest BCUT2D eigenvalue weighted by molar-refractivity contribution is 6.67. The number of benzene rings is 4. The lowest BCUT2D eigenvalue weighted by atomic mass is 9.81. The predicted octanol–water partition coefficient (Wildman–Crippen LogP) is 19.1. The number of hydrogen-bond donors (Lipinski definition) is 2. The van der Waals surface area contributed by atoms with E-state index in [1.54, 1.807) is 0 Å². The molecule has 830 valence electrons. The first-order valence-electron chi connectivity index (χ1n) is 53.9. The van der Waals surface area contributed by atoms with Crippen LogP contribution in [0.2, 0.25) is 0 Å². The van der Waals surface area contributed by atoms with E-state index in [1.807, 2.05) is 178 Å². The van der Waals surface area contributed by atoms with E-state index in [0.29, 0.717) is 51.9 Å². The monoisotopic (exact) mass is 2140 g/mol. The molecular weight excluding hydrogens is 1970 g/mol. The second-order valence-electron chi connectivity index (χ2n) is 42.5. The minimum atomic E-state index is -1.89. The Morgan fingerprint density at radius 2 is 0.669 bits per heavy atom. The van der Waals surface area contributed by atoms with Gasteiger partial charge in [0.25, 0.3) is 0 Å². The molecule has 13 rings (SSSR count). The highest BCUT2D eigenvalue weighted by Crippen LogP contribution is 2.50. The molecule has 2 N–H and O–H groups in total. The number of amides is 1. The predicted molar refractivity (Wildman–Crippen MR) is 549 cm³/mol. The Bertz CT molecular complexity index is 4630. The number of hydrogen-bond acceptors (Lipinski definition) is 31. The summed E-state index contributed by atoms with van der Waals surface area (Å²) in [5.41, 5.74) is 3.78. The minimum absolute atomic E-state index is 0.0101. The SMILES string of the molecule is C=CCOC(=O)OC1[C@@H](OCC2O[C@@H](O[C@@H]3C(CC)O[C@@H](O[C@@H]4C(CC)O[C@@H](OCc5ccccc5)C(NC(=O)OCC(Cl)(Cl)Cl)[C@H]4C)C(C)[C@H]3C)C(OCc3ccccc3)[C@@H](O[C@@H]3OC(CC)[C@H](O[C@@H]4OC(CC)[C@@H](O[C@@H]5OC(COC(C)=O)[C@H](C)[C@H](C)C5OC(C)=O)[C@H](C)C4C)C(C)[C@@H]3O[C@@H]3OC(CC)[C@@H](O[C@@H]4OC(COCc5ccccc5)[C@H](C)[C@H](C)C4OCc4ccccc4)[C@H](C)C3C)[C@@H]2C)OC(CO)[C@@H](C)[C@@H]1C. The topological polar surface area (TPSA) is 341 Å². The van der Waals surface area contributed by atoms with E-state index in [0.717, 1.165) is 22.3 Å². The number of rotatable bonds is 44. The molecule has 9 aliphatic heterocycles. The molecule has 9 aliphatic rings. The number of ether oxygens (including phenoxy) is 26. The number of halogens is 3. The van der Waals surface area contributed by atoms with Crippen LogP contribution < -0.4 is 5.32 Å². The molecule has 45 atom stereocenters. The Labute approximate surface area is 890 Å². The number of esters is 2. The third kappa shape index (κ3) is 30.3. The van der Waals surface area contributed by atoms with Crippen LogP contribution >= 0.6 is 34.8 Å². The number of alkyl halides is 3. The van der Waals surface area contributed by atoms with Gasteiger partial charge in [-0.25, -0.2) is 9.59 Å². The van der Waals surface area contributed by atoms with E-state index in [2.05, 4.69) is 93.3 Å². The van der Waals surface area contributed by atoms with Crippen molar-refractivity contribution >= 4 is 59.0 Å². The Hall–Kier alpha value is -5.91. The van der Waals surface area contributed by atoms with Crippen LogP contribution in [-0.2, 0) is 159 Å². The maximum absolute atomic E-state index is 13.8. The minimum Gasteiger partial charge on any atom is -0.463 e. The second kappa shape index (κ2) is 56.1. The molecule has 1 amide bonds. The first-order chi connectivity index (χ1) is 70.9. The molecule has 4 aromatic rings. The van der Waals surface area contributed by atoms with Gasteiger partial charge in [0.15, 0.2) is 68.8 Å². The number of aliphatic hydroxyl groups excluding tert-OH is 1. The van der Waals surface area contributed by atoms with Crippen LogP contribution in [0, 0.1) is 88.8 Å². The summed E-state index contributed by atoms with van der Waals surface area (Å²) < 4.78 is 179. The fourth-order valence-corrected chi connectivity index (χ4v) is 22.4. The third-order valence-corrected chi connectivity index (χ3v) is 33.1. The third-order valence-electron chi connectivity index (χ3n) is 32.8. The van der Waals surface area contributed by atoms with Gasteiger partial charge in [0, 0.05) is 61.2 Å². The summed E-state index contributed by atoms with van der Waals surface area (Å²) in [6.07, 6.45) is -22.2. The number of carbonyl (C=O) groups excluding carboxylic acids is 4. The summed E-state index contributed by atoms with van der Waals surface area (Å²) in [6, 6.07) is 38.8. The first-order valence-corrected chi connectivity index (χ1v) is 55.0. The second-order valence-corrected chi connectivity index (χ2v) is 45.0. The average Bonchev–Trinajstić information content (AvgIpc) is 0.754. The zero-order valence-corrected chi connectivity index (χ0v) is 92.5. The molecule has 0 bridgehead atoms. The average molecular weight is 2140 g/mol. The van der Waals surface area contributed by atoms with E-state index in [-0.39, 0.29) is 99.0 Å². The molecule has 9 saturated heterocycles. The van der Waals surface area contributed by atoms with Gasteiger partial charge in [0.05, 0.1) is 144 Å². The van der Waals surface area contributed by atoms with E-state index in [1.165, 1.54) is 19.9 Å². The van der Waals surface area contributed by atoms with Crippen LogP contribution in [0.15, 0.2) is 134 Å². The molecule has 32 nitrogen and oxygen atoms in total. The Balaban J connectivity index is 0.860. The van der Waals surface area contributed by atoms with Gasteiger partial charge in [0.1, 0.15) is 38.1 Å². The van der Waals surface area contributed by atoms with Gasteiger partial charge in [-0.1, -0.05) is 307 Å². The summed E-state index contributed by atoms with van der Waals surface area (Å²) in [5, 5.41) is 14.0. The zero-order valence-electron chi connectivity index (χ0n) is 90.2. The lowest BCUT2D eigenvalue weighted by molar-refractivity contribution is -0.400.